The van der Waals surface area contributed by atoms with E-state index in [2.05, 4.69) is 199 Å². The van der Waals surface area contributed by atoms with Crippen LogP contribution in [0.3, 0.4) is 0 Å². The van der Waals surface area contributed by atoms with Crippen LogP contribution in [0.2, 0.25) is 0 Å². The lowest BCUT2D eigenvalue weighted by Gasteiger charge is -2.30. The minimum absolute atomic E-state index is 0.618. The number of hydrogen-bond donors (Lipinski definition) is 4. The molecule has 10 rings (SSSR count). The fraction of sp³-hybridized carbons (Fsp3) is 0.345. The quantitative estimate of drug-likeness (QED) is 0.120. The van der Waals surface area contributed by atoms with Gasteiger partial charge in [-0.2, -0.15) is 0 Å². The minimum Gasteiger partial charge on any atom is -0.369 e. The second kappa shape index (κ2) is 25.4. The van der Waals surface area contributed by atoms with E-state index in [1.54, 1.807) is 12.4 Å². The summed E-state index contributed by atoms with van der Waals surface area (Å²) in [7, 11) is 0. The van der Waals surface area contributed by atoms with E-state index in [-0.39, 0.29) is 0 Å². The summed E-state index contributed by atoms with van der Waals surface area (Å²) >= 11 is 0. The standard InChI is InChI=1S/C16H18N2.C14H16N4.C13H20N2.C12H16N2/c1-2-5-14(6-3-1)15-7-4-8-16(13-15)18-11-9-17-10-12-18;1-3-12(14-16-5-2-6-17-14)11-13(4-1)18-9-7-15-8-10-18;1-11(2)12-4-3-5-13(10-12)15-8-6-14-7-9-15;1-2-11-4-3-5-12(10-11)14-8-6-13-7-9-14/h1-8,13,17H,9-12H2;1-6,11,15H,7-10H2;3-5,10-11,14H,6-9H2,1-2H3;2-5,10,13H,1,6-9H2. The summed E-state index contributed by atoms with van der Waals surface area (Å²) in [6.45, 7) is 25.7. The van der Waals surface area contributed by atoms with E-state index in [1.165, 1.54) is 45.0 Å². The van der Waals surface area contributed by atoms with Gasteiger partial charge in [-0.15, -0.1) is 0 Å². The summed E-state index contributed by atoms with van der Waals surface area (Å²) < 4.78 is 0. The Balaban J connectivity index is 0.000000130. The van der Waals surface area contributed by atoms with Crippen LogP contribution in [0, 0.1) is 0 Å². The Hall–Kier alpha value is -6.04. The van der Waals surface area contributed by atoms with Crippen molar-refractivity contribution in [3.05, 3.63) is 164 Å². The van der Waals surface area contributed by atoms with E-state index in [4.69, 9.17) is 0 Å². The number of hydrogen-bond acceptors (Lipinski definition) is 10. The maximum atomic E-state index is 4.29. The molecule has 0 radical (unpaired) electrons. The van der Waals surface area contributed by atoms with E-state index in [0.717, 1.165) is 116 Å². The molecule has 0 atom stereocenters. The molecule has 4 aliphatic heterocycles. The lowest BCUT2D eigenvalue weighted by Crippen LogP contribution is -2.43. The van der Waals surface area contributed by atoms with Crippen LogP contribution in [-0.4, -0.2) is 115 Å². The molecule has 0 bridgehead atoms. The van der Waals surface area contributed by atoms with Crippen LogP contribution in [0.5, 0.6) is 0 Å². The molecule has 0 amide bonds. The summed E-state index contributed by atoms with van der Waals surface area (Å²) in [6.07, 6.45) is 5.45. The fourth-order valence-corrected chi connectivity index (χ4v) is 8.42. The van der Waals surface area contributed by atoms with Crippen LogP contribution >= 0.6 is 0 Å². The zero-order chi connectivity index (χ0) is 44.9. The Morgan fingerprint density at radius 1 is 0.431 bits per heavy atom. The molecule has 4 N–H and O–H groups in total. The monoisotopic (exact) mass is 871 g/mol. The van der Waals surface area contributed by atoms with Crippen LogP contribution in [0.1, 0.15) is 30.9 Å². The zero-order valence-electron chi connectivity index (χ0n) is 38.7. The fourth-order valence-electron chi connectivity index (χ4n) is 8.42. The number of piperazine rings is 4. The third-order valence-corrected chi connectivity index (χ3v) is 12.2. The van der Waals surface area contributed by atoms with Gasteiger partial charge in [-0.1, -0.05) is 105 Å². The summed E-state index contributed by atoms with van der Waals surface area (Å²) in [5.74, 6) is 1.40. The number of nitrogens with one attached hydrogen (secondary N) is 4. The molecule has 4 saturated heterocycles. The van der Waals surface area contributed by atoms with Crippen molar-refractivity contribution in [1.29, 1.82) is 0 Å². The molecule has 65 heavy (non-hydrogen) atoms. The van der Waals surface area contributed by atoms with Crippen LogP contribution in [0.25, 0.3) is 28.6 Å². The van der Waals surface area contributed by atoms with Crippen molar-refractivity contribution in [2.24, 2.45) is 0 Å². The zero-order valence-corrected chi connectivity index (χ0v) is 38.7. The summed E-state index contributed by atoms with van der Waals surface area (Å²) in [5, 5.41) is 13.5. The topological polar surface area (TPSA) is 86.9 Å². The van der Waals surface area contributed by atoms with Gasteiger partial charge >= 0.3 is 0 Å². The van der Waals surface area contributed by atoms with Crippen LogP contribution in [-0.2, 0) is 0 Å². The van der Waals surface area contributed by atoms with Crippen molar-refractivity contribution in [2.75, 3.05) is 124 Å². The van der Waals surface area contributed by atoms with Crippen molar-refractivity contribution in [3.8, 4) is 22.5 Å². The van der Waals surface area contributed by atoms with Crippen LogP contribution < -0.4 is 40.9 Å². The second-order valence-electron chi connectivity index (χ2n) is 17.0. The summed E-state index contributed by atoms with van der Waals surface area (Å²) in [4.78, 5) is 18.3. The molecule has 340 valence electrons. The maximum Gasteiger partial charge on any atom is 0.159 e. The van der Waals surface area contributed by atoms with Crippen molar-refractivity contribution in [1.82, 2.24) is 31.2 Å². The highest BCUT2D eigenvalue weighted by molar-refractivity contribution is 5.69. The lowest BCUT2D eigenvalue weighted by molar-refractivity contribution is 0.589. The molecule has 0 saturated carbocycles. The van der Waals surface area contributed by atoms with Gasteiger partial charge in [0.1, 0.15) is 0 Å². The van der Waals surface area contributed by atoms with Crippen molar-refractivity contribution < 1.29 is 0 Å². The molecule has 4 fully saturated rings. The van der Waals surface area contributed by atoms with Gasteiger partial charge in [0.15, 0.2) is 5.82 Å². The van der Waals surface area contributed by atoms with E-state index < -0.39 is 0 Å². The Morgan fingerprint density at radius 2 is 0.831 bits per heavy atom. The normalized spacial score (nSPS) is 16.2. The molecule has 10 heteroatoms. The largest absolute Gasteiger partial charge is 0.369 e. The lowest BCUT2D eigenvalue weighted by atomic mass is 10.0. The first-order chi connectivity index (χ1) is 32.0. The minimum atomic E-state index is 0.618. The highest BCUT2D eigenvalue weighted by atomic mass is 15.2. The SMILES string of the molecule is C=Cc1cccc(N2CCNCC2)c1.CC(C)c1cccc(N2CCNCC2)c1.c1ccc(-c2cccc(N3CCNCC3)c2)cc1.c1cnc(-c2cccc(N3CCNCC3)c2)nc1. The number of benzene rings is 5. The van der Waals surface area contributed by atoms with Gasteiger partial charge in [-0.3, -0.25) is 0 Å². The number of anilines is 4. The number of rotatable bonds is 8. The molecule has 0 spiro atoms. The highest BCUT2D eigenvalue weighted by Gasteiger charge is 2.14. The predicted molar refractivity (Wildman–Crippen MR) is 277 cm³/mol. The first-order valence-electron chi connectivity index (χ1n) is 23.7. The maximum absolute atomic E-state index is 4.29. The van der Waals surface area contributed by atoms with Gasteiger partial charge in [-0.25, -0.2) is 9.97 Å². The Kier molecular flexibility index (Phi) is 18.4. The van der Waals surface area contributed by atoms with Crippen molar-refractivity contribution in [2.45, 2.75) is 19.8 Å². The molecule has 0 unspecified atom stereocenters. The molecular weight excluding hydrogens is 801 g/mol. The van der Waals surface area contributed by atoms with Crippen molar-refractivity contribution >= 4 is 28.8 Å². The molecule has 0 aliphatic carbocycles. The second-order valence-corrected chi connectivity index (χ2v) is 17.0. The first-order valence-corrected chi connectivity index (χ1v) is 23.7. The number of nitrogens with zero attached hydrogens (tertiary/aromatic N) is 6. The molecule has 4 aliphatic rings. The average Bonchev–Trinajstić information content (AvgIpc) is 3.41. The van der Waals surface area contributed by atoms with Gasteiger partial charge in [0.2, 0.25) is 0 Å². The Labute approximate surface area is 388 Å². The van der Waals surface area contributed by atoms with Gasteiger partial charge in [-0.05, 0) is 82.8 Å². The van der Waals surface area contributed by atoms with Gasteiger partial charge in [0.25, 0.3) is 0 Å². The molecular formula is C55H70N10. The molecule has 5 aromatic carbocycles. The number of aromatic nitrogens is 2. The van der Waals surface area contributed by atoms with Gasteiger partial charge in [0, 0.05) is 145 Å². The van der Waals surface area contributed by atoms with E-state index >= 15 is 0 Å². The Morgan fingerprint density at radius 3 is 1.31 bits per heavy atom. The highest BCUT2D eigenvalue weighted by Crippen LogP contribution is 2.26. The van der Waals surface area contributed by atoms with Gasteiger partial charge in [0.05, 0.1) is 0 Å². The predicted octanol–water partition coefficient (Wildman–Crippen LogP) is 8.28. The van der Waals surface area contributed by atoms with Crippen molar-refractivity contribution in [3.63, 3.8) is 0 Å². The van der Waals surface area contributed by atoms with Crippen LogP contribution in [0.15, 0.2) is 152 Å². The molecule has 10 nitrogen and oxygen atoms in total. The third kappa shape index (κ3) is 14.5. The molecule has 5 heterocycles. The third-order valence-electron chi connectivity index (χ3n) is 12.2. The van der Waals surface area contributed by atoms with E-state index in [9.17, 15) is 0 Å². The summed E-state index contributed by atoms with van der Waals surface area (Å²) in [5.41, 5.74) is 11.6. The van der Waals surface area contributed by atoms with Gasteiger partial charge < -0.3 is 40.9 Å². The Bertz CT molecular complexity index is 2180. The van der Waals surface area contributed by atoms with E-state index in [0.29, 0.717) is 5.92 Å². The molecule has 6 aromatic rings. The van der Waals surface area contributed by atoms with E-state index in [1.807, 2.05) is 12.1 Å². The first kappa shape index (κ1) is 46.9. The smallest absolute Gasteiger partial charge is 0.159 e. The average molecular weight is 871 g/mol. The van der Waals surface area contributed by atoms with Crippen LogP contribution in [0.4, 0.5) is 22.7 Å². The molecule has 1 aromatic heterocycles. The summed E-state index contributed by atoms with van der Waals surface area (Å²) in [6, 6.07) is 47.2.